The largest absolute Gasteiger partial charge is 0.435 e. The van der Waals surface area contributed by atoms with Gasteiger partial charge in [-0.05, 0) is 48.4 Å². The van der Waals surface area contributed by atoms with Crippen LogP contribution >= 0.6 is 15.9 Å². The van der Waals surface area contributed by atoms with Crippen LogP contribution in [-0.4, -0.2) is 12.5 Å². The molecule has 0 unspecified atom stereocenters. The Hall–Kier alpha value is -2.21. The van der Waals surface area contributed by atoms with E-state index in [9.17, 15) is 13.6 Å². The van der Waals surface area contributed by atoms with Crippen LogP contribution in [0.4, 0.5) is 8.78 Å². The van der Waals surface area contributed by atoms with E-state index in [2.05, 4.69) is 26.0 Å². The van der Waals surface area contributed by atoms with Gasteiger partial charge in [-0.25, -0.2) is 0 Å². The zero-order valence-corrected chi connectivity index (χ0v) is 14.5. The van der Waals surface area contributed by atoms with Crippen LogP contribution in [0.1, 0.15) is 24.1 Å². The number of hydrogen-bond acceptors (Lipinski definition) is 2. The third-order valence-electron chi connectivity index (χ3n) is 3.26. The number of alkyl halides is 2. The highest BCUT2D eigenvalue weighted by atomic mass is 79.9. The molecule has 126 valence electrons. The Balaban J connectivity index is 1.91. The molecule has 24 heavy (non-hydrogen) atoms. The quantitative estimate of drug-likeness (QED) is 0.703. The maximum Gasteiger partial charge on any atom is 0.387 e. The highest BCUT2D eigenvalue weighted by Crippen LogP contribution is 2.17. The maximum absolute atomic E-state index is 12.1. The number of halogens is 3. The number of hydrogen-bond donors (Lipinski definition) is 1. The molecular formula is C18H16BrF2NO2. The Morgan fingerprint density at radius 2 is 1.75 bits per heavy atom. The summed E-state index contributed by atoms with van der Waals surface area (Å²) in [6.45, 7) is -0.955. The number of rotatable bonds is 6. The Kier molecular flexibility index (Phi) is 6.49. The first kappa shape index (κ1) is 18.1. The highest BCUT2D eigenvalue weighted by molar-refractivity contribution is 9.10. The Morgan fingerprint density at radius 3 is 2.33 bits per heavy atom. The molecule has 1 amide bonds. The predicted molar refractivity (Wildman–Crippen MR) is 92.8 cm³/mol. The lowest BCUT2D eigenvalue weighted by Gasteiger charge is -2.12. The van der Waals surface area contributed by atoms with Gasteiger partial charge in [0.15, 0.2) is 0 Å². The molecule has 0 bridgehead atoms. The van der Waals surface area contributed by atoms with Crippen molar-refractivity contribution in [3.8, 4) is 5.75 Å². The predicted octanol–water partition coefficient (Wildman–Crippen LogP) is 4.94. The molecule has 0 heterocycles. The maximum atomic E-state index is 12.1. The topological polar surface area (TPSA) is 38.3 Å². The van der Waals surface area contributed by atoms with E-state index in [0.717, 1.165) is 10.0 Å². The molecule has 0 aromatic heterocycles. The van der Waals surface area contributed by atoms with E-state index in [4.69, 9.17) is 0 Å². The second-order valence-electron chi connectivity index (χ2n) is 5.06. The van der Waals surface area contributed by atoms with Crippen molar-refractivity contribution in [3.05, 3.63) is 70.2 Å². The fraction of sp³-hybridized carbons (Fsp3) is 0.167. The molecule has 0 aliphatic carbocycles. The minimum absolute atomic E-state index is 0.0791. The van der Waals surface area contributed by atoms with Gasteiger partial charge in [-0.3, -0.25) is 4.79 Å². The van der Waals surface area contributed by atoms with E-state index in [0.29, 0.717) is 5.56 Å². The monoisotopic (exact) mass is 395 g/mol. The fourth-order valence-electron chi connectivity index (χ4n) is 2.03. The van der Waals surface area contributed by atoms with Crippen LogP contribution < -0.4 is 10.1 Å². The lowest BCUT2D eigenvalue weighted by Crippen LogP contribution is -2.24. The molecule has 0 aliphatic rings. The molecule has 3 nitrogen and oxygen atoms in total. The molecule has 1 atom stereocenters. The van der Waals surface area contributed by atoms with Crippen LogP contribution in [0.5, 0.6) is 5.75 Å². The first-order valence-corrected chi connectivity index (χ1v) is 8.02. The molecule has 2 aromatic rings. The third kappa shape index (κ3) is 5.77. The first-order chi connectivity index (χ1) is 11.4. The Morgan fingerprint density at radius 1 is 1.12 bits per heavy atom. The summed E-state index contributed by atoms with van der Waals surface area (Å²) in [7, 11) is 0. The van der Waals surface area contributed by atoms with E-state index >= 15 is 0 Å². The van der Waals surface area contributed by atoms with Gasteiger partial charge in [0.05, 0.1) is 6.04 Å². The molecule has 6 heteroatoms. The van der Waals surface area contributed by atoms with Crippen molar-refractivity contribution in [1.82, 2.24) is 5.32 Å². The fourth-order valence-corrected chi connectivity index (χ4v) is 2.29. The molecule has 0 saturated carbocycles. The van der Waals surface area contributed by atoms with Crippen LogP contribution in [-0.2, 0) is 4.79 Å². The molecule has 0 fully saturated rings. The van der Waals surface area contributed by atoms with Crippen molar-refractivity contribution in [2.75, 3.05) is 0 Å². The average Bonchev–Trinajstić information content (AvgIpc) is 2.54. The lowest BCUT2D eigenvalue weighted by atomic mass is 10.1. The SMILES string of the molecule is C[C@@H](NC(=O)/C=C/c1ccc(OC(F)F)cc1)c1ccc(Br)cc1. The van der Waals surface area contributed by atoms with Crippen molar-refractivity contribution >= 4 is 27.9 Å². The summed E-state index contributed by atoms with van der Waals surface area (Å²) in [4.78, 5) is 11.9. The molecule has 2 aromatic carbocycles. The zero-order valence-electron chi connectivity index (χ0n) is 12.9. The minimum atomic E-state index is -2.85. The Bertz CT molecular complexity index is 700. The zero-order chi connectivity index (χ0) is 17.5. The summed E-state index contributed by atoms with van der Waals surface area (Å²) in [5.74, 6) is -0.159. The van der Waals surface area contributed by atoms with Crippen LogP contribution in [0.2, 0.25) is 0 Å². The van der Waals surface area contributed by atoms with Gasteiger partial charge in [-0.2, -0.15) is 8.78 Å². The summed E-state index contributed by atoms with van der Waals surface area (Å²) in [5.41, 5.74) is 1.71. The lowest BCUT2D eigenvalue weighted by molar-refractivity contribution is -0.117. The molecule has 2 rings (SSSR count). The van der Waals surface area contributed by atoms with Gasteiger partial charge >= 0.3 is 6.61 Å². The van der Waals surface area contributed by atoms with Crippen molar-refractivity contribution in [2.24, 2.45) is 0 Å². The summed E-state index contributed by atoms with van der Waals surface area (Å²) in [6, 6.07) is 13.6. The minimum Gasteiger partial charge on any atom is -0.435 e. The normalized spacial score (nSPS) is 12.4. The third-order valence-corrected chi connectivity index (χ3v) is 3.79. The van der Waals surface area contributed by atoms with Crippen molar-refractivity contribution in [2.45, 2.75) is 19.6 Å². The van der Waals surface area contributed by atoms with Gasteiger partial charge < -0.3 is 10.1 Å². The van der Waals surface area contributed by atoms with Crippen LogP contribution in [0, 0.1) is 0 Å². The van der Waals surface area contributed by atoms with E-state index in [1.807, 2.05) is 31.2 Å². The van der Waals surface area contributed by atoms with Crippen molar-refractivity contribution in [3.63, 3.8) is 0 Å². The smallest absolute Gasteiger partial charge is 0.387 e. The van der Waals surface area contributed by atoms with Crippen molar-refractivity contribution in [1.29, 1.82) is 0 Å². The van der Waals surface area contributed by atoms with Gasteiger partial charge in [-0.1, -0.05) is 40.2 Å². The standard InChI is InChI=1S/C18H16BrF2NO2/c1-12(14-5-7-15(19)8-6-14)22-17(23)11-4-13-2-9-16(10-3-13)24-18(20)21/h2-12,18H,1H3,(H,22,23)/b11-4+/t12-/m1/s1. The van der Waals surface area contributed by atoms with Gasteiger partial charge in [0.1, 0.15) is 5.75 Å². The highest BCUT2D eigenvalue weighted by Gasteiger charge is 2.07. The van der Waals surface area contributed by atoms with E-state index < -0.39 is 6.61 Å². The molecule has 1 N–H and O–H groups in total. The number of benzene rings is 2. The molecule has 0 radical (unpaired) electrons. The summed E-state index contributed by atoms with van der Waals surface area (Å²) in [5, 5.41) is 2.86. The number of carbonyl (C=O) groups excluding carboxylic acids is 1. The van der Waals surface area contributed by atoms with Crippen LogP contribution in [0.25, 0.3) is 6.08 Å². The number of amides is 1. The summed E-state index contributed by atoms with van der Waals surface area (Å²) >= 11 is 3.37. The summed E-state index contributed by atoms with van der Waals surface area (Å²) in [6.07, 6.45) is 3.01. The van der Waals surface area contributed by atoms with Crippen LogP contribution in [0.15, 0.2) is 59.1 Å². The number of nitrogens with one attached hydrogen (secondary N) is 1. The number of carbonyl (C=O) groups is 1. The molecular weight excluding hydrogens is 380 g/mol. The molecule has 0 spiro atoms. The van der Waals surface area contributed by atoms with Gasteiger partial charge in [0, 0.05) is 10.5 Å². The number of ether oxygens (including phenoxy) is 1. The van der Waals surface area contributed by atoms with Crippen molar-refractivity contribution < 1.29 is 18.3 Å². The van der Waals surface area contributed by atoms with Crippen LogP contribution in [0.3, 0.4) is 0 Å². The van der Waals surface area contributed by atoms with Gasteiger partial charge in [0.25, 0.3) is 0 Å². The Labute approximate surface area is 147 Å². The first-order valence-electron chi connectivity index (χ1n) is 7.23. The van der Waals surface area contributed by atoms with E-state index in [1.165, 1.54) is 18.2 Å². The van der Waals surface area contributed by atoms with Gasteiger partial charge in [0.2, 0.25) is 5.91 Å². The molecule has 0 aliphatic heterocycles. The van der Waals surface area contributed by atoms with E-state index in [1.54, 1.807) is 18.2 Å². The average molecular weight is 396 g/mol. The van der Waals surface area contributed by atoms with Gasteiger partial charge in [-0.15, -0.1) is 0 Å². The summed E-state index contributed by atoms with van der Waals surface area (Å²) < 4.78 is 29.4. The second kappa shape index (κ2) is 8.59. The second-order valence-corrected chi connectivity index (χ2v) is 5.98. The molecule has 0 saturated heterocycles. The van der Waals surface area contributed by atoms with E-state index in [-0.39, 0.29) is 17.7 Å².